The van der Waals surface area contributed by atoms with Gasteiger partial charge in [0.1, 0.15) is 0 Å². The van der Waals surface area contributed by atoms with Crippen molar-refractivity contribution >= 4 is 99.8 Å². The number of benzene rings is 7. The maximum Gasteiger partial charge on any atom is 0.264 e. The minimum atomic E-state index is -0.0352. The van der Waals surface area contributed by atoms with Gasteiger partial charge in [-0.25, -0.2) is 0 Å². The molecule has 14 rings (SSSR count). The van der Waals surface area contributed by atoms with Gasteiger partial charge in [-0.2, -0.15) is 0 Å². The highest BCUT2D eigenvalue weighted by atomic mass is 32.1. The molecule has 5 aliphatic rings. The molecule has 7 aromatic carbocycles. The first kappa shape index (κ1) is 56.8. The summed E-state index contributed by atoms with van der Waals surface area (Å²) in [6.45, 7) is 51.3. The van der Waals surface area contributed by atoms with Crippen molar-refractivity contribution in [3.05, 3.63) is 165 Å². The van der Waals surface area contributed by atoms with E-state index in [4.69, 9.17) is 0 Å². The van der Waals surface area contributed by atoms with E-state index in [1.165, 1.54) is 150 Å². The molecule has 0 N–H and O–H groups in total. The molecule has 0 spiro atoms. The fourth-order valence-corrected chi connectivity index (χ4v) is 17.6. The van der Waals surface area contributed by atoms with Gasteiger partial charge in [-0.05, 0) is 227 Å². The maximum atomic E-state index is 2.79. The van der Waals surface area contributed by atoms with Crippen LogP contribution in [0.2, 0.25) is 0 Å². The van der Waals surface area contributed by atoms with Crippen LogP contribution < -0.4 is 25.5 Å². The molecular formula is C80H94BN3S. The molecule has 85 heavy (non-hydrogen) atoms. The topological polar surface area (TPSA) is 11.4 Å². The number of fused-ring (bicyclic) bond motifs is 12. The van der Waals surface area contributed by atoms with Crippen LogP contribution in [0.3, 0.4) is 0 Å². The van der Waals surface area contributed by atoms with Gasteiger partial charge in [0.25, 0.3) is 6.71 Å². The molecule has 0 bridgehead atoms. The molecule has 0 atom stereocenters. The Hall–Kier alpha value is -6.04. The van der Waals surface area contributed by atoms with Gasteiger partial charge in [-0.15, -0.1) is 11.3 Å². The van der Waals surface area contributed by atoms with E-state index < -0.39 is 0 Å². The molecule has 3 nitrogen and oxygen atoms in total. The van der Waals surface area contributed by atoms with Gasteiger partial charge in [-0.3, -0.25) is 0 Å². The number of anilines is 6. The summed E-state index contributed by atoms with van der Waals surface area (Å²) in [4.78, 5) is 5.56. The maximum absolute atomic E-state index is 2.79. The third kappa shape index (κ3) is 8.51. The number of thiophene rings is 1. The lowest BCUT2D eigenvalue weighted by molar-refractivity contribution is 0.332. The van der Waals surface area contributed by atoms with E-state index in [0.717, 1.165) is 25.7 Å². The lowest BCUT2D eigenvalue weighted by Gasteiger charge is -2.48. The van der Waals surface area contributed by atoms with Crippen LogP contribution in [0.4, 0.5) is 34.1 Å². The van der Waals surface area contributed by atoms with Crippen molar-refractivity contribution in [3.63, 3.8) is 0 Å². The zero-order valence-electron chi connectivity index (χ0n) is 55.5. The number of hydrogen-bond acceptors (Lipinski definition) is 3. The molecule has 0 saturated carbocycles. The van der Waals surface area contributed by atoms with E-state index in [9.17, 15) is 0 Å². The summed E-state index contributed by atoms with van der Waals surface area (Å²) in [6.07, 6.45) is 7.00. The molecule has 9 aromatic rings. The molecular weight excluding hydrogens is 1050 g/mol. The first-order valence-electron chi connectivity index (χ1n) is 32.4. The number of rotatable bonds is 3. The van der Waals surface area contributed by atoms with E-state index in [-0.39, 0.29) is 55.4 Å². The second kappa shape index (κ2) is 17.8. The smallest absolute Gasteiger partial charge is 0.264 e. The van der Waals surface area contributed by atoms with Crippen molar-refractivity contribution in [1.29, 1.82) is 0 Å². The van der Waals surface area contributed by atoms with Crippen molar-refractivity contribution in [2.45, 2.75) is 233 Å². The third-order valence-corrected chi connectivity index (χ3v) is 23.7. The molecule has 0 radical (unpaired) electrons. The Labute approximate surface area is 514 Å². The van der Waals surface area contributed by atoms with Crippen LogP contribution >= 0.6 is 11.3 Å². The van der Waals surface area contributed by atoms with Crippen molar-refractivity contribution in [3.8, 4) is 5.69 Å². The first-order valence-corrected chi connectivity index (χ1v) is 33.2. The predicted molar refractivity (Wildman–Crippen MR) is 372 cm³/mol. The molecule has 0 unspecified atom stereocenters. The van der Waals surface area contributed by atoms with E-state index in [1.54, 1.807) is 0 Å². The molecule has 0 amide bonds. The molecule has 5 heteroatoms. The highest BCUT2D eigenvalue weighted by Gasteiger charge is 2.50. The monoisotopic (exact) mass is 1140 g/mol. The van der Waals surface area contributed by atoms with E-state index >= 15 is 0 Å². The molecule has 0 fully saturated rings. The highest BCUT2D eigenvalue weighted by Crippen LogP contribution is 2.56. The highest BCUT2D eigenvalue weighted by molar-refractivity contribution is 7.33. The second-order valence-corrected chi connectivity index (χ2v) is 35.4. The summed E-state index contributed by atoms with van der Waals surface area (Å²) in [5, 5.41) is 3.98. The number of hydrogen-bond donors (Lipinski definition) is 0. The van der Waals surface area contributed by atoms with Crippen molar-refractivity contribution in [1.82, 2.24) is 4.57 Å². The quantitative estimate of drug-likeness (QED) is 0.163. The Bertz CT molecular complexity index is 4260. The Morgan fingerprint density at radius 1 is 0.365 bits per heavy atom. The van der Waals surface area contributed by atoms with Gasteiger partial charge in [-0.1, -0.05) is 182 Å². The van der Waals surface area contributed by atoms with Crippen molar-refractivity contribution < 1.29 is 0 Å². The summed E-state index contributed by atoms with van der Waals surface area (Å²) < 4.78 is 5.45. The lowest BCUT2D eigenvalue weighted by atomic mass is 9.35. The number of aromatic nitrogens is 1. The normalized spacial score (nSPS) is 19.6. The molecule has 4 heterocycles. The van der Waals surface area contributed by atoms with Crippen molar-refractivity contribution in [2.75, 3.05) is 9.80 Å². The van der Waals surface area contributed by atoms with Gasteiger partial charge >= 0.3 is 0 Å². The summed E-state index contributed by atoms with van der Waals surface area (Å²) in [6, 6.07) is 48.3. The van der Waals surface area contributed by atoms with E-state index in [1.807, 2.05) is 11.3 Å². The Balaban J connectivity index is 1.18. The van der Waals surface area contributed by atoms with Gasteiger partial charge in [0.15, 0.2) is 0 Å². The Kier molecular flexibility index (Phi) is 11.9. The van der Waals surface area contributed by atoms with Crippen LogP contribution in [0.5, 0.6) is 0 Å². The molecule has 438 valence electrons. The van der Waals surface area contributed by atoms with Crippen molar-refractivity contribution in [2.24, 2.45) is 0 Å². The lowest BCUT2D eigenvalue weighted by Crippen LogP contribution is -2.61. The van der Waals surface area contributed by atoms with Gasteiger partial charge in [0.05, 0.1) is 22.4 Å². The molecule has 3 aliphatic carbocycles. The molecule has 0 saturated heterocycles. The average Bonchev–Trinajstić information content (AvgIpc) is 1.72. The summed E-state index contributed by atoms with van der Waals surface area (Å²) in [7, 11) is 0. The molecule has 2 aromatic heterocycles. The standard InChI is InChI=1S/C80H94BN3S/c1-72(2,3)47-22-29-63-53(38-47)54-39-48(73(4,5)6)23-30-64(54)83(63)52-43-66-69-67(44-52)84(51-26-28-57-59(42-51)78(16,17)35-33-76(57,12)13)70-55-40-49(74(7,8)9)24-31-68(55)85-71(70)81(69)62-45-60-61(80(20,21)37-36-79(60,18)19)46-65(62)82(66)50-25-27-56-58(41-50)77(14,15)34-32-75(56,10)11/h22-31,38-46H,32-37H2,1-21H3. The largest absolute Gasteiger partial charge is 0.311 e. The van der Waals surface area contributed by atoms with Crippen LogP contribution in [0.1, 0.15) is 234 Å². The minimum Gasteiger partial charge on any atom is -0.311 e. The third-order valence-electron chi connectivity index (χ3n) is 22.4. The summed E-state index contributed by atoms with van der Waals surface area (Å²) in [5.74, 6) is 0. The minimum absolute atomic E-state index is 0.00573. The van der Waals surface area contributed by atoms with Gasteiger partial charge in [0.2, 0.25) is 0 Å². The second-order valence-electron chi connectivity index (χ2n) is 34.3. The first-order chi connectivity index (χ1) is 39.5. The summed E-state index contributed by atoms with van der Waals surface area (Å²) >= 11 is 2.05. The van der Waals surface area contributed by atoms with Gasteiger partial charge in [0, 0.05) is 54.1 Å². The van der Waals surface area contributed by atoms with Gasteiger partial charge < -0.3 is 14.4 Å². The van der Waals surface area contributed by atoms with Crippen LogP contribution in [-0.2, 0) is 48.7 Å². The average molecular weight is 1140 g/mol. The summed E-state index contributed by atoms with van der Waals surface area (Å²) in [5.41, 5.74) is 27.5. The number of nitrogens with zero attached hydrogens (tertiary/aromatic N) is 3. The zero-order valence-corrected chi connectivity index (χ0v) is 56.4. The van der Waals surface area contributed by atoms with Crippen LogP contribution in [0.25, 0.3) is 37.6 Å². The van der Waals surface area contributed by atoms with Crippen LogP contribution in [0, 0.1) is 0 Å². The van der Waals surface area contributed by atoms with Crippen LogP contribution in [0.15, 0.2) is 115 Å². The predicted octanol–water partition coefficient (Wildman–Crippen LogP) is 21.0. The Morgan fingerprint density at radius 3 is 1.21 bits per heavy atom. The van der Waals surface area contributed by atoms with E-state index in [2.05, 4.69) is 275 Å². The van der Waals surface area contributed by atoms with Crippen LogP contribution in [-0.4, -0.2) is 11.3 Å². The molecule has 2 aliphatic heterocycles. The fourth-order valence-electron chi connectivity index (χ4n) is 16.3. The SMILES string of the molecule is CC(C)(C)c1ccc2sc3c(c2c1)N(c1ccc2c(c1)C(C)(C)CCC2(C)C)c1cc(-n2c4ccc(C(C)(C)C)cc4c4cc(C(C)(C)C)ccc42)cc2c1B3c1cc3c(cc1N2c1ccc2c(c1)C(C)(C)CCC2(C)C)C(C)(C)CCC3(C)C. The zero-order chi connectivity index (χ0) is 60.6. The Morgan fingerprint density at radius 2 is 0.753 bits per heavy atom. The fraction of sp³-hybridized carbons (Fsp3) is 0.450. The van der Waals surface area contributed by atoms with E-state index in [0.29, 0.717) is 0 Å².